The molecule has 7 fully saturated rings. The summed E-state index contributed by atoms with van der Waals surface area (Å²) >= 11 is 0. The molecule has 2 saturated heterocycles. The maximum Gasteiger partial charge on any atom is 0.303 e. The molecule has 0 radical (unpaired) electrons. The Labute approximate surface area is 247 Å². The maximum absolute atomic E-state index is 11.9. The van der Waals surface area contributed by atoms with Crippen LogP contribution in [0.1, 0.15) is 106 Å². The lowest BCUT2D eigenvalue weighted by Crippen LogP contribution is -2.56. The van der Waals surface area contributed by atoms with E-state index in [1.54, 1.807) is 13.8 Å². The summed E-state index contributed by atoms with van der Waals surface area (Å²) < 4.78 is 25.1. The zero-order valence-corrected chi connectivity index (χ0v) is 26.4. The second-order valence-electron chi connectivity index (χ2n) is 16.6. The highest BCUT2D eigenvalue weighted by Crippen LogP contribution is 2.87. The molecule has 7 rings (SSSR count). The average molecular weight is 574 g/mol. The first-order valence-electron chi connectivity index (χ1n) is 16.8. The third-order valence-corrected chi connectivity index (χ3v) is 14.1. The average Bonchev–Trinajstić information content (AvgIpc) is 3.49. The Hall–Kier alpha value is -0.730. The molecule has 0 aromatic rings. The van der Waals surface area contributed by atoms with Crippen molar-refractivity contribution in [1.82, 2.24) is 5.32 Å². The predicted octanol–water partition coefficient (Wildman–Crippen LogP) is 5.23. The van der Waals surface area contributed by atoms with Gasteiger partial charge in [0.05, 0.1) is 30.5 Å². The van der Waals surface area contributed by atoms with Crippen molar-refractivity contribution >= 4 is 5.97 Å². The molecule has 12 atom stereocenters. The summed E-state index contributed by atoms with van der Waals surface area (Å²) in [6, 6.07) is 0. The van der Waals surface area contributed by atoms with Crippen LogP contribution < -0.4 is 5.32 Å². The molecule has 41 heavy (non-hydrogen) atoms. The van der Waals surface area contributed by atoms with Crippen LogP contribution in [0.4, 0.5) is 0 Å². The minimum Gasteiger partial charge on any atom is -0.457 e. The van der Waals surface area contributed by atoms with Crippen LogP contribution in [0.15, 0.2) is 0 Å². The van der Waals surface area contributed by atoms with Gasteiger partial charge in [0.2, 0.25) is 0 Å². The lowest BCUT2D eigenvalue weighted by Gasteiger charge is -2.60. The van der Waals surface area contributed by atoms with E-state index in [1.165, 1.54) is 45.4 Å². The zero-order chi connectivity index (χ0) is 29.0. The van der Waals surface area contributed by atoms with Gasteiger partial charge in [-0.25, -0.2) is 0 Å². The molecule has 5 aliphatic carbocycles. The fourth-order valence-electron chi connectivity index (χ4n) is 12.4. The van der Waals surface area contributed by atoms with Crippen molar-refractivity contribution in [1.29, 1.82) is 0 Å². The van der Waals surface area contributed by atoms with Gasteiger partial charge in [-0.05, 0) is 123 Å². The number of morpholine rings is 1. The van der Waals surface area contributed by atoms with Gasteiger partial charge < -0.3 is 29.4 Å². The predicted molar refractivity (Wildman–Crippen MR) is 155 cm³/mol. The van der Waals surface area contributed by atoms with Gasteiger partial charge in [0, 0.05) is 20.0 Å². The molecular formula is C34H55NO6. The molecule has 0 aromatic heterocycles. The smallest absolute Gasteiger partial charge is 0.303 e. The lowest BCUT2D eigenvalue weighted by molar-refractivity contribution is -0.232. The van der Waals surface area contributed by atoms with E-state index < -0.39 is 11.7 Å². The molecule has 2 aliphatic heterocycles. The van der Waals surface area contributed by atoms with Crippen molar-refractivity contribution in [2.75, 3.05) is 19.7 Å². The van der Waals surface area contributed by atoms with Crippen LogP contribution in [0, 0.1) is 45.3 Å². The van der Waals surface area contributed by atoms with Crippen molar-refractivity contribution in [2.45, 2.75) is 142 Å². The summed E-state index contributed by atoms with van der Waals surface area (Å²) in [6.07, 6.45) is 11.8. The first-order chi connectivity index (χ1) is 19.3. The molecule has 2 heterocycles. The van der Waals surface area contributed by atoms with Crippen molar-refractivity contribution < 1.29 is 28.8 Å². The highest BCUT2D eigenvalue weighted by Gasteiger charge is 2.80. The summed E-state index contributed by atoms with van der Waals surface area (Å²) in [5.41, 5.74) is 0.360. The van der Waals surface area contributed by atoms with Crippen LogP contribution in [0.3, 0.4) is 0 Å². The number of hydrogen-bond acceptors (Lipinski definition) is 7. The molecule has 0 amide bonds. The fourth-order valence-corrected chi connectivity index (χ4v) is 12.4. The largest absolute Gasteiger partial charge is 0.457 e. The Balaban J connectivity index is 1.08. The Morgan fingerprint density at radius 3 is 2.49 bits per heavy atom. The van der Waals surface area contributed by atoms with E-state index in [4.69, 9.17) is 18.9 Å². The summed E-state index contributed by atoms with van der Waals surface area (Å²) in [7, 11) is 0. The number of esters is 1. The molecule has 2 N–H and O–H groups in total. The van der Waals surface area contributed by atoms with E-state index in [9.17, 15) is 9.90 Å². The number of hydrogen-bond donors (Lipinski definition) is 2. The van der Waals surface area contributed by atoms with Crippen LogP contribution in [0.25, 0.3) is 0 Å². The summed E-state index contributed by atoms with van der Waals surface area (Å²) in [5, 5.41) is 14.3. The number of aliphatic hydroxyl groups is 1. The zero-order valence-electron chi connectivity index (χ0n) is 26.4. The van der Waals surface area contributed by atoms with E-state index in [0.717, 1.165) is 57.2 Å². The van der Waals surface area contributed by atoms with Crippen molar-refractivity contribution in [2.24, 2.45) is 45.3 Å². The number of carbonyl (C=O) groups excluding carboxylic acids is 1. The molecule has 232 valence electrons. The minimum absolute atomic E-state index is 0.107. The molecule has 5 saturated carbocycles. The molecular weight excluding hydrogens is 518 g/mol. The van der Waals surface area contributed by atoms with E-state index in [1.807, 2.05) is 0 Å². The van der Waals surface area contributed by atoms with Crippen molar-refractivity contribution in [3.8, 4) is 0 Å². The van der Waals surface area contributed by atoms with Crippen molar-refractivity contribution in [3.63, 3.8) is 0 Å². The van der Waals surface area contributed by atoms with E-state index in [-0.39, 0.29) is 36.0 Å². The SMILES string of the molecule is CC(=O)O[C@@H](C1CCC2C(CC3C4CCC5C(C)(C)[C@@H](OC6CNCCO6)CCC56C[C@@]46CCC23C)O1)C(C)(C)O. The molecule has 7 nitrogen and oxygen atoms in total. The number of carbonyl (C=O) groups is 1. The number of rotatable bonds is 5. The fraction of sp³-hybridized carbons (Fsp3) is 0.971. The highest BCUT2D eigenvalue weighted by molar-refractivity contribution is 5.66. The molecule has 0 bridgehead atoms. The molecule has 7 heteroatoms. The Kier molecular flexibility index (Phi) is 6.82. The van der Waals surface area contributed by atoms with Gasteiger partial charge in [0.25, 0.3) is 0 Å². The van der Waals surface area contributed by atoms with Gasteiger partial charge in [0.15, 0.2) is 12.4 Å². The van der Waals surface area contributed by atoms with Crippen LogP contribution >= 0.6 is 0 Å². The van der Waals surface area contributed by atoms with Gasteiger partial charge in [0.1, 0.15) is 0 Å². The van der Waals surface area contributed by atoms with E-state index in [2.05, 4.69) is 26.1 Å². The first kappa shape index (κ1) is 29.0. The maximum atomic E-state index is 11.9. The van der Waals surface area contributed by atoms with Gasteiger partial charge in [-0.2, -0.15) is 0 Å². The van der Waals surface area contributed by atoms with Crippen LogP contribution in [0.2, 0.25) is 0 Å². The second-order valence-corrected chi connectivity index (χ2v) is 16.6. The summed E-state index contributed by atoms with van der Waals surface area (Å²) in [4.78, 5) is 11.9. The third kappa shape index (κ3) is 4.25. The number of nitrogens with one attached hydrogen (secondary N) is 1. The molecule has 2 spiro atoms. The third-order valence-electron chi connectivity index (χ3n) is 14.1. The highest BCUT2D eigenvalue weighted by atomic mass is 16.7. The molecule has 9 unspecified atom stereocenters. The molecule has 0 aromatic carbocycles. The normalized spacial score (nSPS) is 50.8. The van der Waals surface area contributed by atoms with Gasteiger partial charge in [-0.15, -0.1) is 0 Å². The van der Waals surface area contributed by atoms with Gasteiger partial charge in [-0.1, -0.05) is 20.8 Å². The van der Waals surface area contributed by atoms with E-state index >= 15 is 0 Å². The second kappa shape index (κ2) is 9.63. The number of fused-ring (bicyclic) bond motifs is 4. The Morgan fingerprint density at radius 2 is 1.78 bits per heavy atom. The van der Waals surface area contributed by atoms with Crippen LogP contribution in [-0.4, -0.2) is 67.1 Å². The standard InChI is InChI=1S/C34H55NO6/c1-20(36)39-29(31(4,5)37)24-9-7-22-25(40-24)17-23-21-8-10-26-30(2,3)27(41-28-18-35-15-16-38-28)11-12-34(26)19-33(21,34)14-13-32(22,23)6/h21-29,35,37H,7-19H2,1-6H3/t21?,22?,23?,24?,25?,26?,27-,28?,29-,32?,33-,34?/m0/s1. The summed E-state index contributed by atoms with van der Waals surface area (Å²) in [6.45, 7) is 15.0. The van der Waals surface area contributed by atoms with Crippen LogP contribution in [0.5, 0.6) is 0 Å². The summed E-state index contributed by atoms with van der Waals surface area (Å²) in [5.74, 6) is 2.45. The van der Waals surface area contributed by atoms with Crippen molar-refractivity contribution in [3.05, 3.63) is 0 Å². The van der Waals surface area contributed by atoms with Gasteiger partial charge >= 0.3 is 5.97 Å². The van der Waals surface area contributed by atoms with E-state index in [0.29, 0.717) is 28.1 Å². The monoisotopic (exact) mass is 573 g/mol. The van der Waals surface area contributed by atoms with Crippen LogP contribution in [-0.2, 0) is 23.7 Å². The number of ether oxygens (including phenoxy) is 4. The topological polar surface area (TPSA) is 86.3 Å². The lowest BCUT2D eigenvalue weighted by atomic mass is 9.46. The Bertz CT molecular complexity index is 1030. The Morgan fingerprint density at radius 1 is 1.00 bits per heavy atom. The minimum atomic E-state index is -1.13. The first-order valence-corrected chi connectivity index (χ1v) is 16.8. The van der Waals surface area contributed by atoms with Gasteiger partial charge in [-0.3, -0.25) is 4.79 Å². The molecule has 7 aliphatic rings. The quantitative estimate of drug-likeness (QED) is 0.436.